The maximum atomic E-state index is 12.4. The van der Waals surface area contributed by atoms with Gasteiger partial charge in [0.05, 0.1) is 6.26 Å². The molecule has 0 heterocycles. The van der Waals surface area contributed by atoms with Crippen LogP contribution in [0.4, 0.5) is 5.69 Å². The van der Waals surface area contributed by atoms with Crippen molar-refractivity contribution in [2.75, 3.05) is 11.0 Å². The van der Waals surface area contributed by atoms with Crippen molar-refractivity contribution in [2.45, 2.75) is 6.92 Å². The van der Waals surface area contributed by atoms with E-state index < -0.39 is 10.0 Å². The topological polar surface area (TPSA) is 63.2 Å². The number of ketones is 1. The molecule has 4 nitrogen and oxygen atoms in total. The number of sulfonamides is 1. The second-order valence-electron chi connectivity index (χ2n) is 4.74. The number of anilines is 1. The zero-order valence-electron chi connectivity index (χ0n) is 11.6. The lowest BCUT2D eigenvalue weighted by Gasteiger charge is -2.07. The smallest absolute Gasteiger partial charge is 0.229 e. The number of rotatable bonds is 4. The fourth-order valence-corrected chi connectivity index (χ4v) is 2.63. The third kappa shape index (κ3) is 4.06. The van der Waals surface area contributed by atoms with Crippen LogP contribution in [0.5, 0.6) is 0 Å². The third-order valence-corrected chi connectivity index (χ3v) is 3.74. The Kier molecular flexibility index (Phi) is 4.34. The van der Waals surface area contributed by atoms with E-state index in [0.29, 0.717) is 21.8 Å². The first-order valence-corrected chi connectivity index (χ1v) is 8.42. The zero-order valence-corrected chi connectivity index (χ0v) is 13.1. The van der Waals surface area contributed by atoms with Crippen LogP contribution < -0.4 is 4.72 Å². The van der Waals surface area contributed by atoms with Gasteiger partial charge in [-0.2, -0.15) is 0 Å². The van der Waals surface area contributed by atoms with E-state index in [-0.39, 0.29) is 5.78 Å². The van der Waals surface area contributed by atoms with Crippen molar-refractivity contribution in [3.63, 3.8) is 0 Å². The summed E-state index contributed by atoms with van der Waals surface area (Å²) in [6.07, 6.45) is 1.07. The van der Waals surface area contributed by atoms with Crippen molar-refractivity contribution >= 4 is 33.1 Å². The molecule has 21 heavy (non-hydrogen) atoms. The van der Waals surface area contributed by atoms with Gasteiger partial charge in [0.1, 0.15) is 0 Å². The molecule has 0 spiro atoms. The summed E-state index contributed by atoms with van der Waals surface area (Å²) in [5.41, 5.74) is 2.25. The lowest BCUT2D eigenvalue weighted by atomic mass is 9.99. The van der Waals surface area contributed by atoms with Gasteiger partial charge in [-0.15, -0.1) is 0 Å². The average molecular weight is 324 g/mol. The fraction of sp³-hybridized carbons (Fsp3) is 0.133. The van der Waals surface area contributed by atoms with Crippen molar-refractivity contribution in [2.24, 2.45) is 0 Å². The highest BCUT2D eigenvalue weighted by Gasteiger charge is 2.12. The Labute approximate surface area is 128 Å². The molecule has 2 aromatic carbocycles. The van der Waals surface area contributed by atoms with E-state index in [2.05, 4.69) is 4.72 Å². The molecule has 0 atom stereocenters. The molecule has 2 rings (SSSR count). The van der Waals surface area contributed by atoms with Crippen LogP contribution in [0.3, 0.4) is 0 Å². The van der Waals surface area contributed by atoms with Gasteiger partial charge in [0.15, 0.2) is 5.78 Å². The molecular weight excluding hydrogens is 310 g/mol. The van der Waals surface area contributed by atoms with Gasteiger partial charge < -0.3 is 0 Å². The molecule has 0 aliphatic rings. The predicted octanol–water partition coefficient (Wildman–Crippen LogP) is 3.25. The summed E-state index contributed by atoms with van der Waals surface area (Å²) >= 11 is 5.92. The number of benzene rings is 2. The molecule has 1 N–H and O–H groups in total. The predicted molar refractivity (Wildman–Crippen MR) is 84.5 cm³/mol. The molecule has 0 saturated carbocycles. The first kappa shape index (κ1) is 15.5. The standard InChI is InChI=1S/C15H14ClNO3S/c1-10-3-6-12(16)9-14(10)15(18)11-4-7-13(8-5-11)17-21(2,19)20/h3-9,17H,1-2H3. The molecule has 0 unspecified atom stereocenters. The molecule has 0 aliphatic heterocycles. The maximum absolute atomic E-state index is 12.4. The number of hydrogen-bond acceptors (Lipinski definition) is 3. The van der Waals surface area contributed by atoms with Gasteiger partial charge in [-0.25, -0.2) is 8.42 Å². The van der Waals surface area contributed by atoms with Crippen molar-refractivity contribution in [3.8, 4) is 0 Å². The minimum atomic E-state index is -3.33. The van der Waals surface area contributed by atoms with Crippen LogP contribution in [-0.2, 0) is 10.0 Å². The molecule has 0 bridgehead atoms. The van der Waals surface area contributed by atoms with E-state index in [1.165, 1.54) is 0 Å². The second-order valence-corrected chi connectivity index (χ2v) is 6.92. The first-order chi connectivity index (χ1) is 9.76. The Morgan fingerprint density at radius 1 is 1.10 bits per heavy atom. The normalized spacial score (nSPS) is 11.2. The van der Waals surface area contributed by atoms with Gasteiger partial charge >= 0.3 is 0 Å². The van der Waals surface area contributed by atoms with Crippen LogP contribution >= 0.6 is 11.6 Å². The highest BCUT2D eigenvalue weighted by molar-refractivity contribution is 7.92. The number of hydrogen-bond donors (Lipinski definition) is 1. The summed E-state index contributed by atoms with van der Waals surface area (Å²) < 4.78 is 24.6. The number of carbonyl (C=O) groups excluding carboxylic acids is 1. The summed E-state index contributed by atoms with van der Waals surface area (Å²) in [6.45, 7) is 1.84. The van der Waals surface area contributed by atoms with Gasteiger partial charge in [-0.3, -0.25) is 9.52 Å². The monoisotopic (exact) mass is 323 g/mol. The number of carbonyl (C=O) groups is 1. The van der Waals surface area contributed by atoms with E-state index >= 15 is 0 Å². The van der Waals surface area contributed by atoms with Crippen LogP contribution in [0, 0.1) is 6.92 Å². The van der Waals surface area contributed by atoms with Crippen LogP contribution in [0.1, 0.15) is 21.5 Å². The highest BCUT2D eigenvalue weighted by Crippen LogP contribution is 2.20. The molecule has 110 valence electrons. The molecule has 2 aromatic rings. The molecule has 0 aromatic heterocycles. The largest absolute Gasteiger partial charge is 0.289 e. The Morgan fingerprint density at radius 2 is 1.71 bits per heavy atom. The lowest BCUT2D eigenvalue weighted by molar-refractivity contribution is 0.103. The molecule has 0 saturated heterocycles. The molecule has 6 heteroatoms. The van der Waals surface area contributed by atoms with Gasteiger partial charge in [-0.1, -0.05) is 17.7 Å². The molecule has 0 radical (unpaired) electrons. The van der Waals surface area contributed by atoms with Gasteiger partial charge in [-0.05, 0) is 48.9 Å². The van der Waals surface area contributed by atoms with Crippen molar-refractivity contribution < 1.29 is 13.2 Å². The summed E-state index contributed by atoms with van der Waals surface area (Å²) in [4.78, 5) is 12.4. The molecule has 0 fully saturated rings. The Morgan fingerprint density at radius 3 is 2.29 bits per heavy atom. The van der Waals surface area contributed by atoms with Crippen molar-refractivity contribution in [1.29, 1.82) is 0 Å². The van der Waals surface area contributed by atoms with Crippen LogP contribution in [-0.4, -0.2) is 20.5 Å². The number of aryl methyl sites for hydroxylation is 1. The van der Waals surface area contributed by atoms with Gasteiger partial charge in [0, 0.05) is 21.8 Å². The number of halogens is 1. The average Bonchev–Trinajstić information content (AvgIpc) is 2.40. The number of nitrogens with one attached hydrogen (secondary N) is 1. The van der Waals surface area contributed by atoms with Crippen LogP contribution in [0.15, 0.2) is 42.5 Å². The third-order valence-electron chi connectivity index (χ3n) is 2.89. The van der Waals surface area contributed by atoms with Crippen LogP contribution in [0.2, 0.25) is 5.02 Å². The lowest BCUT2D eigenvalue weighted by Crippen LogP contribution is -2.10. The Hall–Kier alpha value is -1.85. The first-order valence-electron chi connectivity index (χ1n) is 6.15. The Bertz CT molecular complexity index is 783. The van der Waals surface area contributed by atoms with E-state index in [4.69, 9.17) is 11.6 Å². The van der Waals surface area contributed by atoms with E-state index in [9.17, 15) is 13.2 Å². The van der Waals surface area contributed by atoms with Gasteiger partial charge in [0.25, 0.3) is 0 Å². The quantitative estimate of drug-likeness (QED) is 0.878. The highest BCUT2D eigenvalue weighted by atomic mass is 35.5. The summed E-state index contributed by atoms with van der Waals surface area (Å²) in [5, 5.41) is 0.499. The molecular formula is C15H14ClNO3S. The van der Waals surface area contributed by atoms with Crippen LogP contribution in [0.25, 0.3) is 0 Å². The molecule has 0 aliphatic carbocycles. The fourth-order valence-electron chi connectivity index (χ4n) is 1.90. The summed E-state index contributed by atoms with van der Waals surface area (Å²) in [5.74, 6) is -0.152. The SMILES string of the molecule is Cc1ccc(Cl)cc1C(=O)c1ccc(NS(C)(=O)=O)cc1. The summed E-state index contributed by atoms with van der Waals surface area (Å²) in [6, 6.07) is 11.4. The zero-order chi connectivity index (χ0) is 15.6. The minimum absolute atomic E-state index is 0.152. The van der Waals surface area contributed by atoms with E-state index in [1.54, 1.807) is 42.5 Å². The Balaban J connectivity index is 2.30. The van der Waals surface area contributed by atoms with E-state index in [1.807, 2.05) is 6.92 Å². The second kappa shape index (κ2) is 5.87. The van der Waals surface area contributed by atoms with E-state index in [0.717, 1.165) is 11.8 Å². The molecule has 0 amide bonds. The van der Waals surface area contributed by atoms with Crippen molar-refractivity contribution in [1.82, 2.24) is 0 Å². The minimum Gasteiger partial charge on any atom is -0.289 e. The van der Waals surface area contributed by atoms with Gasteiger partial charge in [0.2, 0.25) is 10.0 Å². The van der Waals surface area contributed by atoms with Crippen molar-refractivity contribution in [3.05, 3.63) is 64.2 Å². The summed E-state index contributed by atoms with van der Waals surface area (Å²) in [7, 11) is -3.33. The maximum Gasteiger partial charge on any atom is 0.229 e.